The Bertz CT molecular complexity index is 679. The van der Waals surface area contributed by atoms with Crippen LogP contribution in [-0.2, 0) is 19.6 Å². The van der Waals surface area contributed by atoms with E-state index in [9.17, 15) is 22.8 Å². The number of urea groups is 1. The molecule has 0 spiro atoms. The third-order valence-electron chi connectivity index (χ3n) is 5.12. The predicted molar refractivity (Wildman–Crippen MR) is 100 cm³/mol. The predicted octanol–water partition coefficient (Wildman–Crippen LogP) is 0.417. The standard InChI is InChI=1S/C17H30N4O5S/c1-4-8-17(9-5-2)15(23)21(16(24)18-17)12-14(22)20-10-6-13(7-11-20)19-27(3,25)26/h13,19H,4-12H2,1-3H3,(H,18,24). The highest BCUT2D eigenvalue weighted by molar-refractivity contribution is 7.88. The Labute approximate surface area is 160 Å². The van der Waals surface area contributed by atoms with E-state index in [0.29, 0.717) is 38.8 Å². The summed E-state index contributed by atoms with van der Waals surface area (Å²) in [7, 11) is -3.28. The Morgan fingerprint density at radius 2 is 1.74 bits per heavy atom. The first-order chi connectivity index (χ1) is 12.6. The second-order valence-corrected chi connectivity index (χ2v) is 9.23. The first kappa shape index (κ1) is 21.6. The largest absolute Gasteiger partial charge is 0.341 e. The highest BCUT2D eigenvalue weighted by Crippen LogP contribution is 2.28. The molecule has 2 saturated heterocycles. The Morgan fingerprint density at radius 3 is 2.22 bits per heavy atom. The smallest absolute Gasteiger partial charge is 0.325 e. The van der Waals surface area contributed by atoms with Gasteiger partial charge in [-0.15, -0.1) is 0 Å². The van der Waals surface area contributed by atoms with Crippen molar-refractivity contribution in [3.8, 4) is 0 Å². The van der Waals surface area contributed by atoms with Crippen molar-refractivity contribution in [2.75, 3.05) is 25.9 Å². The number of imide groups is 1. The lowest BCUT2D eigenvalue weighted by Crippen LogP contribution is -2.50. The maximum Gasteiger partial charge on any atom is 0.325 e. The Morgan fingerprint density at radius 1 is 1.19 bits per heavy atom. The summed E-state index contributed by atoms with van der Waals surface area (Å²) in [6.07, 6.45) is 4.75. The summed E-state index contributed by atoms with van der Waals surface area (Å²) in [5.74, 6) is -0.613. The highest BCUT2D eigenvalue weighted by atomic mass is 32.2. The van der Waals surface area contributed by atoms with Gasteiger partial charge in [-0.3, -0.25) is 14.5 Å². The quantitative estimate of drug-likeness (QED) is 0.571. The van der Waals surface area contributed by atoms with E-state index in [1.54, 1.807) is 4.90 Å². The van der Waals surface area contributed by atoms with Crippen LogP contribution in [0.4, 0.5) is 4.79 Å². The van der Waals surface area contributed by atoms with Gasteiger partial charge in [0.05, 0.1) is 6.26 Å². The SMILES string of the molecule is CCCC1(CCC)NC(=O)N(CC(=O)N2CCC(NS(C)(=O)=O)CC2)C1=O. The number of carbonyl (C=O) groups excluding carboxylic acids is 3. The number of hydrogen-bond acceptors (Lipinski definition) is 5. The van der Waals surface area contributed by atoms with Gasteiger partial charge >= 0.3 is 6.03 Å². The molecular formula is C17H30N4O5S. The molecule has 2 aliphatic heterocycles. The zero-order valence-corrected chi connectivity index (χ0v) is 17.1. The summed E-state index contributed by atoms with van der Waals surface area (Å²) in [4.78, 5) is 40.3. The fourth-order valence-electron chi connectivity index (χ4n) is 3.92. The molecule has 4 amide bonds. The van der Waals surface area contributed by atoms with Gasteiger partial charge in [-0.25, -0.2) is 17.9 Å². The van der Waals surface area contributed by atoms with Crippen molar-refractivity contribution >= 4 is 27.9 Å². The Balaban J connectivity index is 1.96. The number of nitrogens with zero attached hydrogens (tertiary/aromatic N) is 2. The molecule has 2 fully saturated rings. The number of nitrogens with one attached hydrogen (secondary N) is 2. The van der Waals surface area contributed by atoms with Gasteiger partial charge in [0, 0.05) is 19.1 Å². The van der Waals surface area contributed by atoms with Gasteiger partial charge in [-0.2, -0.15) is 0 Å². The van der Waals surface area contributed by atoms with Crippen molar-refractivity contribution in [2.24, 2.45) is 0 Å². The van der Waals surface area contributed by atoms with Crippen LogP contribution in [0.3, 0.4) is 0 Å². The van der Waals surface area contributed by atoms with E-state index in [1.165, 1.54) is 0 Å². The summed E-state index contributed by atoms with van der Waals surface area (Å²) in [6, 6.07) is -0.702. The van der Waals surface area contributed by atoms with Gasteiger partial charge in [0.15, 0.2) is 0 Å². The average Bonchev–Trinajstić information content (AvgIpc) is 2.79. The van der Waals surface area contributed by atoms with Crippen LogP contribution < -0.4 is 10.0 Å². The van der Waals surface area contributed by atoms with Crippen molar-refractivity contribution in [2.45, 2.75) is 64.0 Å². The molecule has 0 unspecified atom stereocenters. The molecule has 2 N–H and O–H groups in total. The third kappa shape index (κ3) is 5.19. The second-order valence-electron chi connectivity index (χ2n) is 7.45. The van der Waals surface area contributed by atoms with Crippen molar-refractivity contribution in [3.63, 3.8) is 0 Å². The summed E-state index contributed by atoms with van der Waals surface area (Å²) in [5.41, 5.74) is -0.896. The molecule has 0 aromatic heterocycles. The van der Waals surface area contributed by atoms with Crippen molar-refractivity contribution in [1.29, 1.82) is 0 Å². The van der Waals surface area contributed by atoms with E-state index in [2.05, 4.69) is 10.0 Å². The third-order valence-corrected chi connectivity index (χ3v) is 5.88. The molecule has 0 saturated carbocycles. The lowest BCUT2D eigenvalue weighted by molar-refractivity contribution is -0.139. The topological polar surface area (TPSA) is 116 Å². The molecule has 2 heterocycles. The highest BCUT2D eigenvalue weighted by Gasteiger charge is 2.50. The summed E-state index contributed by atoms with van der Waals surface area (Å²) < 4.78 is 25.2. The molecule has 0 radical (unpaired) electrons. The van der Waals surface area contributed by atoms with Crippen LogP contribution in [0.5, 0.6) is 0 Å². The molecule has 0 bridgehead atoms. The van der Waals surface area contributed by atoms with E-state index in [0.717, 1.165) is 24.0 Å². The normalized spacial score (nSPS) is 20.9. The molecular weight excluding hydrogens is 372 g/mol. The number of carbonyl (C=O) groups is 3. The van der Waals surface area contributed by atoms with Crippen LogP contribution in [0.15, 0.2) is 0 Å². The first-order valence-corrected chi connectivity index (χ1v) is 11.4. The van der Waals surface area contributed by atoms with Crippen LogP contribution in [0.1, 0.15) is 52.4 Å². The van der Waals surface area contributed by atoms with Crippen LogP contribution in [0, 0.1) is 0 Å². The van der Waals surface area contributed by atoms with Crippen LogP contribution in [-0.4, -0.2) is 73.5 Å². The van der Waals surface area contributed by atoms with Gasteiger partial charge < -0.3 is 10.2 Å². The minimum atomic E-state index is -3.28. The van der Waals surface area contributed by atoms with E-state index in [4.69, 9.17) is 0 Å². The zero-order valence-electron chi connectivity index (χ0n) is 16.3. The van der Waals surface area contributed by atoms with Gasteiger partial charge in [0.25, 0.3) is 5.91 Å². The second kappa shape index (κ2) is 8.55. The molecule has 2 aliphatic rings. The first-order valence-electron chi connectivity index (χ1n) is 9.51. The summed E-state index contributed by atoms with van der Waals surface area (Å²) >= 11 is 0. The minimum absolute atomic E-state index is 0.192. The lowest BCUT2D eigenvalue weighted by atomic mass is 9.88. The van der Waals surface area contributed by atoms with Crippen LogP contribution >= 0.6 is 0 Å². The van der Waals surface area contributed by atoms with Gasteiger partial charge in [-0.05, 0) is 25.7 Å². The molecule has 9 nitrogen and oxygen atoms in total. The number of piperidine rings is 1. The molecule has 0 aromatic carbocycles. The molecule has 27 heavy (non-hydrogen) atoms. The van der Waals surface area contributed by atoms with E-state index in [1.807, 2.05) is 13.8 Å². The maximum atomic E-state index is 12.8. The fraction of sp³-hybridized carbons (Fsp3) is 0.824. The minimum Gasteiger partial charge on any atom is -0.341 e. The molecule has 0 aliphatic carbocycles. The average molecular weight is 403 g/mol. The number of rotatable bonds is 8. The van der Waals surface area contributed by atoms with Crippen molar-refractivity contribution < 1.29 is 22.8 Å². The maximum absolute atomic E-state index is 12.8. The van der Waals surface area contributed by atoms with Gasteiger partial charge in [-0.1, -0.05) is 26.7 Å². The van der Waals surface area contributed by atoms with Crippen molar-refractivity contribution in [3.05, 3.63) is 0 Å². The number of likely N-dealkylation sites (tertiary alicyclic amines) is 1. The zero-order chi connectivity index (χ0) is 20.2. The fourth-order valence-corrected chi connectivity index (χ4v) is 4.76. The van der Waals surface area contributed by atoms with Crippen molar-refractivity contribution in [1.82, 2.24) is 19.8 Å². The Kier molecular flexibility index (Phi) is 6.85. The Hall–Kier alpha value is -1.68. The number of sulfonamides is 1. The van der Waals surface area contributed by atoms with Crippen LogP contribution in [0.25, 0.3) is 0 Å². The van der Waals surface area contributed by atoms with E-state index >= 15 is 0 Å². The molecule has 0 atom stereocenters. The number of hydrogen-bond donors (Lipinski definition) is 2. The number of amides is 4. The summed E-state index contributed by atoms with van der Waals surface area (Å²) in [5, 5.41) is 2.80. The summed E-state index contributed by atoms with van der Waals surface area (Å²) in [6.45, 7) is 4.43. The van der Waals surface area contributed by atoms with E-state index < -0.39 is 21.6 Å². The molecule has 10 heteroatoms. The molecule has 2 rings (SSSR count). The lowest BCUT2D eigenvalue weighted by Gasteiger charge is -2.32. The van der Waals surface area contributed by atoms with E-state index in [-0.39, 0.29) is 24.4 Å². The van der Waals surface area contributed by atoms with Gasteiger partial charge in [0.2, 0.25) is 15.9 Å². The molecule has 154 valence electrons. The monoisotopic (exact) mass is 402 g/mol. The van der Waals surface area contributed by atoms with Crippen LogP contribution in [0.2, 0.25) is 0 Å². The molecule has 0 aromatic rings. The van der Waals surface area contributed by atoms with Gasteiger partial charge in [0.1, 0.15) is 12.1 Å².